The van der Waals surface area contributed by atoms with E-state index in [2.05, 4.69) is 13.5 Å². The SMILES string of the molecule is C=C[CH2-].O=C(O)c1ccccc1O.[Mo]. The van der Waals surface area contributed by atoms with E-state index in [4.69, 9.17) is 10.2 Å². The van der Waals surface area contributed by atoms with Gasteiger partial charge in [0.2, 0.25) is 0 Å². The number of carboxylic acids is 1. The fourth-order valence-electron chi connectivity index (χ4n) is 0.654. The fraction of sp³-hybridized carbons (Fsp3) is 0. The van der Waals surface area contributed by atoms with Gasteiger partial charge in [0.15, 0.2) is 0 Å². The predicted molar refractivity (Wildman–Crippen MR) is 50.6 cm³/mol. The number of carboxylic acid groups (broad SMARTS) is 1. The number of aromatic carboxylic acids is 1. The van der Waals surface area contributed by atoms with Gasteiger partial charge in [0.05, 0.1) is 0 Å². The molecule has 0 bridgehead atoms. The van der Waals surface area contributed by atoms with E-state index in [1.54, 1.807) is 12.1 Å². The van der Waals surface area contributed by atoms with E-state index >= 15 is 0 Å². The molecule has 76 valence electrons. The maximum atomic E-state index is 10.3. The molecule has 0 unspecified atom stereocenters. The third-order valence-electron chi connectivity index (χ3n) is 1.13. The van der Waals surface area contributed by atoms with E-state index < -0.39 is 5.97 Å². The molecule has 0 amide bonds. The van der Waals surface area contributed by atoms with Crippen molar-refractivity contribution in [1.29, 1.82) is 0 Å². The molecular weight excluding hydrogens is 264 g/mol. The summed E-state index contributed by atoms with van der Waals surface area (Å²) < 4.78 is 0. The standard InChI is InChI=1S/C7H6O3.C3H5.Mo/c8-6-4-2-1-3-5(6)7(9)10;1-3-2;/h1-4,8H,(H,9,10);3H,1-2H2;/q;-1;. The molecule has 0 aliphatic rings. The second-order valence-corrected chi connectivity index (χ2v) is 2.11. The molecule has 0 atom stereocenters. The first-order chi connectivity index (χ1) is 6.13. The van der Waals surface area contributed by atoms with Crippen LogP contribution in [-0.4, -0.2) is 16.2 Å². The number of phenols is 1. The molecule has 1 aromatic rings. The Morgan fingerprint density at radius 2 is 1.86 bits per heavy atom. The summed E-state index contributed by atoms with van der Waals surface area (Å²) in [5.74, 6) is -1.31. The summed E-state index contributed by atoms with van der Waals surface area (Å²) in [6.45, 7) is 6.50. The molecule has 0 fully saturated rings. The minimum Gasteiger partial charge on any atom is -0.507 e. The van der Waals surface area contributed by atoms with Crippen molar-refractivity contribution in [3.05, 3.63) is 49.4 Å². The number of aromatic hydroxyl groups is 1. The summed E-state index contributed by atoms with van der Waals surface area (Å²) in [4.78, 5) is 10.3. The van der Waals surface area contributed by atoms with Crippen LogP contribution >= 0.6 is 0 Å². The van der Waals surface area contributed by atoms with E-state index in [-0.39, 0.29) is 32.4 Å². The van der Waals surface area contributed by atoms with E-state index in [1.807, 2.05) is 0 Å². The topological polar surface area (TPSA) is 57.5 Å². The van der Waals surface area contributed by atoms with Gasteiger partial charge in [-0.2, -0.15) is 0 Å². The molecule has 1 rings (SSSR count). The molecule has 14 heavy (non-hydrogen) atoms. The predicted octanol–water partition coefficient (Wildman–Crippen LogP) is 2.09. The first-order valence-electron chi connectivity index (χ1n) is 3.55. The van der Waals surface area contributed by atoms with E-state index in [0.29, 0.717) is 0 Å². The molecule has 2 N–H and O–H groups in total. The van der Waals surface area contributed by atoms with Crippen molar-refractivity contribution in [3.63, 3.8) is 0 Å². The second kappa shape index (κ2) is 8.39. The van der Waals surface area contributed by atoms with E-state index in [1.165, 1.54) is 18.2 Å². The maximum Gasteiger partial charge on any atom is 0.339 e. The van der Waals surface area contributed by atoms with Gasteiger partial charge in [-0.1, -0.05) is 12.1 Å². The summed E-state index contributed by atoms with van der Waals surface area (Å²) in [6.07, 6.45) is 1.50. The molecule has 0 saturated heterocycles. The summed E-state index contributed by atoms with van der Waals surface area (Å²) in [7, 11) is 0. The van der Waals surface area contributed by atoms with Gasteiger partial charge in [-0.15, -0.1) is 0 Å². The molecule has 0 aromatic heterocycles. The van der Waals surface area contributed by atoms with E-state index in [0.717, 1.165) is 0 Å². The summed E-state index contributed by atoms with van der Waals surface area (Å²) in [5.41, 5.74) is -0.0671. The van der Waals surface area contributed by atoms with Gasteiger partial charge < -0.3 is 10.2 Å². The van der Waals surface area contributed by atoms with Crippen molar-refractivity contribution in [2.24, 2.45) is 0 Å². The van der Waals surface area contributed by atoms with Crippen LogP contribution < -0.4 is 0 Å². The minimum atomic E-state index is -1.11. The smallest absolute Gasteiger partial charge is 0.339 e. The van der Waals surface area contributed by atoms with Crippen LogP contribution in [0.3, 0.4) is 0 Å². The molecule has 1 aromatic carbocycles. The number of rotatable bonds is 1. The molecule has 3 nitrogen and oxygen atoms in total. The monoisotopic (exact) mass is 277 g/mol. The van der Waals surface area contributed by atoms with Crippen molar-refractivity contribution in [2.45, 2.75) is 0 Å². The number of hydrogen-bond donors (Lipinski definition) is 2. The van der Waals surface area contributed by atoms with Crippen LogP contribution in [0.1, 0.15) is 10.4 Å². The minimum absolute atomic E-state index is 0. The number of carbonyl (C=O) groups is 1. The average Bonchev–Trinajstić information content (AvgIpc) is 2.06. The van der Waals surface area contributed by atoms with E-state index in [9.17, 15) is 4.79 Å². The average molecular weight is 275 g/mol. The van der Waals surface area contributed by atoms with Crippen LogP contribution in [0.25, 0.3) is 0 Å². The molecular formula is C10H11MoO3-. The zero-order chi connectivity index (χ0) is 10.3. The van der Waals surface area contributed by atoms with Crippen molar-refractivity contribution < 1.29 is 36.1 Å². The van der Waals surface area contributed by atoms with Crippen LogP contribution in [0, 0.1) is 6.92 Å². The third kappa shape index (κ3) is 5.44. The number of benzene rings is 1. The normalized spacial score (nSPS) is 7.43. The first kappa shape index (κ1) is 15.3. The second-order valence-electron chi connectivity index (χ2n) is 2.11. The summed E-state index contributed by atoms with van der Waals surface area (Å²) >= 11 is 0. The van der Waals surface area contributed by atoms with Crippen LogP contribution in [0.5, 0.6) is 5.75 Å². The molecule has 0 heterocycles. The van der Waals surface area contributed by atoms with Crippen LogP contribution in [0.4, 0.5) is 0 Å². The number of para-hydroxylation sites is 1. The Morgan fingerprint density at radius 3 is 2.14 bits per heavy atom. The number of allylic oxidation sites excluding steroid dienone is 1. The van der Waals surface area contributed by atoms with Gasteiger partial charge in [-0.25, -0.2) is 24.4 Å². The number of hydrogen-bond acceptors (Lipinski definition) is 2. The summed E-state index contributed by atoms with van der Waals surface area (Å²) in [5, 5.41) is 17.3. The molecule has 0 saturated carbocycles. The quantitative estimate of drug-likeness (QED) is 0.609. The third-order valence-corrected chi connectivity index (χ3v) is 1.13. The van der Waals surface area contributed by atoms with Crippen molar-refractivity contribution in [1.82, 2.24) is 0 Å². The molecule has 4 heteroatoms. The van der Waals surface area contributed by atoms with Gasteiger partial charge in [0.25, 0.3) is 0 Å². The van der Waals surface area contributed by atoms with Gasteiger partial charge >= 0.3 is 5.97 Å². The fourth-order valence-corrected chi connectivity index (χ4v) is 0.654. The van der Waals surface area contributed by atoms with Crippen LogP contribution in [0.15, 0.2) is 36.9 Å². The van der Waals surface area contributed by atoms with Gasteiger partial charge in [-0.3, -0.25) is 0 Å². The first-order valence-corrected chi connectivity index (χ1v) is 3.55. The Balaban J connectivity index is 0. The van der Waals surface area contributed by atoms with Crippen LogP contribution in [0.2, 0.25) is 0 Å². The molecule has 0 aliphatic carbocycles. The van der Waals surface area contributed by atoms with Crippen molar-refractivity contribution in [2.75, 3.05) is 0 Å². The van der Waals surface area contributed by atoms with Gasteiger partial charge in [-0.05, 0) is 12.1 Å². The molecule has 0 aliphatic heterocycles. The maximum absolute atomic E-state index is 10.3. The Morgan fingerprint density at radius 1 is 1.43 bits per heavy atom. The Labute approximate surface area is 97.3 Å². The Hall–Kier alpha value is -1.21. The van der Waals surface area contributed by atoms with Crippen molar-refractivity contribution >= 4 is 5.97 Å². The Bertz CT molecular complexity index is 297. The molecule has 0 spiro atoms. The Kier molecular flexibility index (Phi) is 9.15. The molecule has 0 radical (unpaired) electrons. The summed E-state index contributed by atoms with van der Waals surface area (Å²) in [6, 6.07) is 5.81. The van der Waals surface area contributed by atoms with Gasteiger partial charge in [0.1, 0.15) is 11.3 Å². The van der Waals surface area contributed by atoms with Gasteiger partial charge in [0, 0.05) is 21.1 Å². The van der Waals surface area contributed by atoms with Crippen molar-refractivity contribution in [3.8, 4) is 5.75 Å². The largest absolute Gasteiger partial charge is 0.507 e. The zero-order valence-corrected chi connectivity index (χ0v) is 9.52. The zero-order valence-electron chi connectivity index (χ0n) is 7.51. The van der Waals surface area contributed by atoms with Crippen LogP contribution in [-0.2, 0) is 21.1 Å².